The maximum absolute atomic E-state index is 15.1. The molecular formula is C33H42F2N4O3. The second-order valence-corrected chi connectivity index (χ2v) is 11.9. The summed E-state index contributed by atoms with van der Waals surface area (Å²) < 4.78 is 29.9. The van der Waals surface area contributed by atoms with Gasteiger partial charge in [-0.25, -0.2) is 8.78 Å². The fourth-order valence-electron chi connectivity index (χ4n) is 6.35. The predicted molar refractivity (Wildman–Crippen MR) is 158 cm³/mol. The number of nitrogens with two attached hydrogens (primary N) is 1. The smallest absolute Gasteiger partial charge is 0.257 e. The van der Waals surface area contributed by atoms with Gasteiger partial charge in [-0.05, 0) is 98.8 Å². The van der Waals surface area contributed by atoms with E-state index < -0.39 is 35.4 Å². The molecule has 2 aliphatic heterocycles. The number of amides is 2. The van der Waals surface area contributed by atoms with E-state index in [2.05, 4.69) is 11.0 Å². The van der Waals surface area contributed by atoms with Gasteiger partial charge in [0.2, 0.25) is 5.91 Å². The SMILES string of the molecule is CCC(F)(CC)CN1CCC(CCCc2ccc(-c3ccc(C(=O)N4CC[C@H](O)[C@H]4C(N)=O)c(F)c3)c(C#N)c2)CC1. The summed E-state index contributed by atoms with van der Waals surface area (Å²) in [6, 6.07) is 10.8. The van der Waals surface area contributed by atoms with Crippen molar-refractivity contribution in [2.45, 2.75) is 83.0 Å². The molecule has 2 amide bonds. The molecule has 2 atom stereocenters. The minimum atomic E-state index is -1.19. The summed E-state index contributed by atoms with van der Waals surface area (Å²) in [6.07, 6.45) is 5.29. The number of carbonyl (C=O) groups excluding carboxylic acids is 2. The van der Waals surface area contributed by atoms with E-state index in [-0.39, 0.29) is 18.5 Å². The third-order valence-electron chi connectivity index (χ3n) is 9.19. The zero-order valence-corrected chi connectivity index (χ0v) is 24.6. The van der Waals surface area contributed by atoms with Crippen molar-refractivity contribution in [2.24, 2.45) is 11.7 Å². The molecule has 0 unspecified atom stereocenters. The second-order valence-electron chi connectivity index (χ2n) is 11.9. The molecule has 0 aliphatic carbocycles. The molecule has 2 aromatic carbocycles. The number of hydrogen-bond donors (Lipinski definition) is 2. The lowest BCUT2D eigenvalue weighted by molar-refractivity contribution is -0.124. The number of aliphatic hydroxyl groups excluding tert-OH is 1. The number of aryl methyl sites for hydroxylation is 1. The molecule has 226 valence electrons. The number of halogens is 2. The van der Waals surface area contributed by atoms with E-state index in [9.17, 15) is 24.3 Å². The van der Waals surface area contributed by atoms with Gasteiger partial charge in [-0.2, -0.15) is 5.26 Å². The first-order chi connectivity index (χ1) is 20.1. The summed E-state index contributed by atoms with van der Waals surface area (Å²) in [5.41, 5.74) is 6.54. The standard InChI is InChI=1S/C33H42F2N4O3/c1-3-33(35,4-2)21-38-15-12-22(13-16-38)6-5-7-23-8-10-26(25(18-23)20-36)24-9-11-27(28(34)19-24)32(42)39-17-14-29(40)30(39)31(37)41/h8-11,18-19,22,29-30,40H,3-7,12-17,21H2,1-2H3,(H2,37,41)/t29-,30-/m0/s1. The number of nitrogens with zero attached hydrogens (tertiary/aromatic N) is 3. The first-order valence-corrected chi connectivity index (χ1v) is 15.1. The van der Waals surface area contributed by atoms with Gasteiger partial charge >= 0.3 is 0 Å². The van der Waals surface area contributed by atoms with Crippen LogP contribution in [-0.2, 0) is 11.2 Å². The highest BCUT2D eigenvalue weighted by atomic mass is 19.1. The van der Waals surface area contributed by atoms with Crippen molar-refractivity contribution in [1.29, 1.82) is 5.26 Å². The number of nitriles is 1. The molecule has 2 aliphatic rings. The van der Waals surface area contributed by atoms with Crippen molar-refractivity contribution in [3.05, 3.63) is 58.9 Å². The van der Waals surface area contributed by atoms with Crippen LogP contribution in [0.2, 0.25) is 0 Å². The summed E-state index contributed by atoms with van der Waals surface area (Å²) in [5.74, 6) is -1.70. The van der Waals surface area contributed by atoms with Gasteiger partial charge in [0.25, 0.3) is 5.91 Å². The van der Waals surface area contributed by atoms with Crippen LogP contribution in [-0.4, -0.2) is 70.7 Å². The van der Waals surface area contributed by atoms with Gasteiger partial charge < -0.3 is 20.6 Å². The molecule has 0 bridgehead atoms. The molecule has 0 radical (unpaired) electrons. The van der Waals surface area contributed by atoms with Crippen LogP contribution in [0.3, 0.4) is 0 Å². The average molecular weight is 581 g/mol. The van der Waals surface area contributed by atoms with E-state index in [0.717, 1.165) is 55.7 Å². The van der Waals surface area contributed by atoms with Crippen LogP contribution in [0, 0.1) is 23.1 Å². The lowest BCUT2D eigenvalue weighted by Crippen LogP contribution is -2.48. The molecule has 3 N–H and O–H groups in total. The molecule has 0 aromatic heterocycles. The van der Waals surface area contributed by atoms with Crippen molar-refractivity contribution in [2.75, 3.05) is 26.2 Å². The Morgan fingerprint density at radius 3 is 2.43 bits per heavy atom. The third-order valence-corrected chi connectivity index (χ3v) is 9.19. The molecular weight excluding hydrogens is 538 g/mol. The van der Waals surface area contributed by atoms with Crippen LogP contribution in [0.15, 0.2) is 36.4 Å². The van der Waals surface area contributed by atoms with Crippen LogP contribution in [0.4, 0.5) is 8.78 Å². The first kappa shape index (κ1) is 31.6. The number of aliphatic hydroxyl groups is 1. The van der Waals surface area contributed by atoms with Crippen LogP contribution in [0.1, 0.15) is 80.3 Å². The molecule has 2 saturated heterocycles. The number of piperidine rings is 1. The number of rotatable bonds is 11. The van der Waals surface area contributed by atoms with E-state index in [0.29, 0.717) is 42.0 Å². The Labute approximate surface area is 247 Å². The summed E-state index contributed by atoms with van der Waals surface area (Å²) in [5, 5.41) is 19.8. The maximum atomic E-state index is 15.1. The second kappa shape index (κ2) is 13.7. The number of primary amides is 1. The van der Waals surface area contributed by atoms with Crippen LogP contribution in [0.25, 0.3) is 11.1 Å². The Balaban J connectivity index is 1.35. The van der Waals surface area contributed by atoms with Gasteiger partial charge in [-0.1, -0.05) is 38.5 Å². The number of hydrogen-bond acceptors (Lipinski definition) is 5. The van der Waals surface area contributed by atoms with E-state index in [1.54, 1.807) is 6.07 Å². The minimum absolute atomic E-state index is 0.103. The Hall–Kier alpha value is -3.35. The Bertz CT molecular complexity index is 1310. The fourth-order valence-corrected chi connectivity index (χ4v) is 6.35. The van der Waals surface area contributed by atoms with Crippen LogP contribution >= 0.6 is 0 Å². The topological polar surface area (TPSA) is 111 Å². The summed E-state index contributed by atoms with van der Waals surface area (Å²) in [4.78, 5) is 28.1. The summed E-state index contributed by atoms with van der Waals surface area (Å²) in [6.45, 7) is 6.35. The largest absolute Gasteiger partial charge is 0.390 e. The molecule has 2 fully saturated rings. The average Bonchev–Trinajstić information content (AvgIpc) is 3.39. The molecule has 7 nitrogen and oxygen atoms in total. The van der Waals surface area contributed by atoms with Gasteiger partial charge in [-0.3, -0.25) is 9.59 Å². The molecule has 2 heterocycles. The van der Waals surface area contributed by atoms with Gasteiger partial charge in [0.05, 0.1) is 23.3 Å². The summed E-state index contributed by atoms with van der Waals surface area (Å²) >= 11 is 0. The van der Waals surface area contributed by atoms with Gasteiger partial charge in [0.1, 0.15) is 17.5 Å². The third kappa shape index (κ3) is 7.16. The molecule has 0 spiro atoms. The van der Waals surface area contributed by atoms with Gasteiger partial charge in [0.15, 0.2) is 0 Å². The van der Waals surface area contributed by atoms with Crippen LogP contribution < -0.4 is 5.73 Å². The highest BCUT2D eigenvalue weighted by Crippen LogP contribution is 2.30. The van der Waals surface area contributed by atoms with Crippen molar-refractivity contribution in [1.82, 2.24) is 9.80 Å². The fraction of sp³-hybridized carbons (Fsp3) is 0.545. The lowest BCUT2D eigenvalue weighted by Gasteiger charge is -2.36. The molecule has 42 heavy (non-hydrogen) atoms. The van der Waals surface area contributed by atoms with Crippen molar-refractivity contribution < 1.29 is 23.5 Å². The van der Waals surface area contributed by atoms with Crippen molar-refractivity contribution in [3.8, 4) is 17.2 Å². The Morgan fingerprint density at radius 1 is 1.10 bits per heavy atom. The number of carbonyl (C=O) groups is 2. The Morgan fingerprint density at radius 2 is 1.81 bits per heavy atom. The van der Waals surface area contributed by atoms with E-state index in [1.165, 1.54) is 12.1 Å². The number of likely N-dealkylation sites (tertiary alicyclic amines) is 2. The van der Waals surface area contributed by atoms with Gasteiger partial charge in [0, 0.05) is 13.1 Å². The van der Waals surface area contributed by atoms with E-state index in [4.69, 9.17) is 5.73 Å². The van der Waals surface area contributed by atoms with E-state index in [1.807, 2.05) is 32.0 Å². The quantitative estimate of drug-likeness (QED) is 0.389. The number of alkyl halides is 1. The Kier molecular flexibility index (Phi) is 10.3. The highest BCUT2D eigenvalue weighted by Gasteiger charge is 2.40. The number of benzene rings is 2. The molecule has 9 heteroatoms. The maximum Gasteiger partial charge on any atom is 0.257 e. The van der Waals surface area contributed by atoms with Gasteiger partial charge in [-0.15, -0.1) is 0 Å². The first-order valence-electron chi connectivity index (χ1n) is 15.1. The minimum Gasteiger partial charge on any atom is -0.390 e. The van der Waals surface area contributed by atoms with Crippen LogP contribution in [0.5, 0.6) is 0 Å². The monoisotopic (exact) mass is 580 g/mol. The molecule has 0 saturated carbocycles. The summed E-state index contributed by atoms with van der Waals surface area (Å²) in [7, 11) is 0. The normalized spacial score (nSPS) is 20.0. The predicted octanol–water partition coefficient (Wildman–Crippen LogP) is 4.99. The molecule has 4 rings (SSSR count). The van der Waals surface area contributed by atoms with E-state index >= 15 is 4.39 Å². The lowest BCUT2D eigenvalue weighted by atomic mass is 9.89. The van der Waals surface area contributed by atoms with Crippen molar-refractivity contribution in [3.63, 3.8) is 0 Å². The zero-order chi connectivity index (χ0) is 30.4. The zero-order valence-electron chi connectivity index (χ0n) is 24.6. The molecule has 2 aromatic rings. The van der Waals surface area contributed by atoms with Crippen molar-refractivity contribution >= 4 is 11.8 Å². The highest BCUT2D eigenvalue weighted by molar-refractivity contribution is 5.98.